The first-order chi connectivity index (χ1) is 12.5. The van der Waals surface area contributed by atoms with Crippen molar-refractivity contribution in [2.45, 2.75) is 13.0 Å². The van der Waals surface area contributed by atoms with E-state index in [1.165, 1.54) is 6.07 Å². The highest BCUT2D eigenvalue weighted by Gasteiger charge is 2.32. The normalized spacial score (nSPS) is 16.5. The summed E-state index contributed by atoms with van der Waals surface area (Å²) in [5.41, 5.74) is 1.78. The zero-order chi connectivity index (χ0) is 18.7. The number of para-hydroxylation sites is 1. The number of anilines is 1. The highest BCUT2D eigenvalue weighted by atomic mass is 16.5. The van der Waals surface area contributed by atoms with E-state index in [0.29, 0.717) is 28.3 Å². The van der Waals surface area contributed by atoms with Crippen molar-refractivity contribution in [1.82, 2.24) is 10.6 Å². The smallest absolute Gasteiger partial charge is 0.319 e. The molecule has 0 spiro atoms. The number of aromatic hydroxyl groups is 1. The van der Waals surface area contributed by atoms with Crippen molar-refractivity contribution in [3.63, 3.8) is 0 Å². The van der Waals surface area contributed by atoms with Crippen LogP contribution in [0.15, 0.2) is 59.8 Å². The minimum absolute atomic E-state index is 0.00208. The van der Waals surface area contributed by atoms with Crippen LogP contribution in [0.3, 0.4) is 0 Å². The molecule has 0 radical (unpaired) electrons. The first kappa shape index (κ1) is 17.3. The molecule has 2 aromatic carbocycles. The van der Waals surface area contributed by atoms with Crippen LogP contribution >= 0.6 is 0 Å². The van der Waals surface area contributed by atoms with Crippen LogP contribution in [-0.2, 0) is 4.79 Å². The molecule has 1 aliphatic rings. The molecule has 2 aromatic rings. The molecule has 0 aromatic heterocycles. The van der Waals surface area contributed by atoms with Crippen LogP contribution in [-0.4, -0.2) is 24.2 Å². The third-order valence-corrected chi connectivity index (χ3v) is 4.11. The average Bonchev–Trinajstić information content (AvgIpc) is 2.62. The third kappa shape index (κ3) is 3.46. The summed E-state index contributed by atoms with van der Waals surface area (Å²) in [5, 5.41) is 18.2. The number of carbonyl (C=O) groups excluding carboxylic acids is 2. The van der Waals surface area contributed by atoms with Crippen LogP contribution < -0.4 is 20.7 Å². The number of rotatable bonds is 4. The Morgan fingerprint density at radius 3 is 2.50 bits per heavy atom. The van der Waals surface area contributed by atoms with E-state index in [1.807, 2.05) is 0 Å². The second kappa shape index (κ2) is 7.18. The van der Waals surface area contributed by atoms with Gasteiger partial charge >= 0.3 is 6.03 Å². The summed E-state index contributed by atoms with van der Waals surface area (Å²) in [5.74, 6) is 0.299. The topological polar surface area (TPSA) is 99.7 Å². The van der Waals surface area contributed by atoms with Crippen molar-refractivity contribution in [1.29, 1.82) is 0 Å². The SMILES string of the molecule is COc1ccc(NC(=O)C2=C(C)NC(=O)NC2c2ccccc2O)cc1. The standard InChI is InChI=1S/C19H19N3O4/c1-11-16(18(24)21-12-7-9-13(26-2)10-8-12)17(22-19(25)20-11)14-5-3-4-6-15(14)23/h3-10,17,23H,1-2H3,(H,21,24)(H2,20,22,25). The number of ether oxygens (including phenoxy) is 1. The van der Waals surface area contributed by atoms with Crippen molar-refractivity contribution < 1.29 is 19.4 Å². The Morgan fingerprint density at radius 2 is 1.85 bits per heavy atom. The minimum atomic E-state index is -0.761. The predicted octanol–water partition coefficient (Wildman–Crippen LogP) is 2.67. The van der Waals surface area contributed by atoms with E-state index in [2.05, 4.69) is 16.0 Å². The summed E-state index contributed by atoms with van der Waals surface area (Å²) in [6.45, 7) is 1.65. The highest BCUT2D eigenvalue weighted by Crippen LogP contribution is 2.32. The van der Waals surface area contributed by atoms with Crippen molar-refractivity contribution >= 4 is 17.6 Å². The molecule has 0 saturated carbocycles. The first-order valence-electron chi connectivity index (χ1n) is 8.01. The van der Waals surface area contributed by atoms with Crippen LogP contribution in [0.4, 0.5) is 10.5 Å². The van der Waals surface area contributed by atoms with E-state index >= 15 is 0 Å². The summed E-state index contributed by atoms with van der Waals surface area (Å²) < 4.78 is 5.10. The van der Waals surface area contributed by atoms with Gasteiger partial charge in [-0.15, -0.1) is 0 Å². The van der Waals surface area contributed by atoms with Gasteiger partial charge in [-0.05, 0) is 37.3 Å². The molecule has 7 heteroatoms. The van der Waals surface area contributed by atoms with Gasteiger partial charge in [0.2, 0.25) is 0 Å². The lowest BCUT2D eigenvalue weighted by Gasteiger charge is -2.29. The Hall–Kier alpha value is -3.48. The van der Waals surface area contributed by atoms with Gasteiger partial charge in [0.1, 0.15) is 11.5 Å². The largest absolute Gasteiger partial charge is 0.508 e. The molecule has 0 fully saturated rings. The predicted molar refractivity (Wildman–Crippen MR) is 96.8 cm³/mol. The van der Waals surface area contributed by atoms with E-state index in [-0.39, 0.29) is 11.7 Å². The number of phenols is 1. The van der Waals surface area contributed by atoms with Gasteiger partial charge in [0.05, 0.1) is 18.7 Å². The maximum Gasteiger partial charge on any atom is 0.319 e. The summed E-state index contributed by atoms with van der Waals surface area (Å²) in [4.78, 5) is 24.7. The molecule has 7 nitrogen and oxygen atoms in total. The number of hydrogen-bond acceptors (Lipinski definition) is 4. The number of hydrogen-bond donors (Lipinski definition) is 4. The van der Waals surface area contributed by atoms with Gasteiger partial charge in [-0.2, -0.15) is 0 Å². The van der Waals surface area contributed by atoms with Crippen molar-refractivity contribution in [3.05, 3.63) is 65.4 Å². The number of allylic oxidation sites excluding steroid dienone is 1. The number of urea groups is 1. The van der Waals surface area contributed by atoms with Gasteiger partial charge in [0, 0.05) is 16.9 Å². The highest BCUT2D eigenvalue weighted by molar-refractivity contribution is 6.06. The lowest BCUT2D eigenvalue weighted by Crippen LogP contribution is -2.46. The molecule has 0 aliphatic carbocycles. The van der Waals surface area contributed by atoms with E-state index in [1.54, 1.807) is 56.5 Å². The van der Waals surface area contributed by atoms with E-state index in [0.717, 1.165) is 0 Å². The fourth-order valence-electron chi connectivity index (χ4n) is 2.83. The zero-order valence-corrected chi connectivity index (χ0v) is 14.4. The molecule has 26 heavy (non-hydrogen) atoms. The van der Waals surface area contributed by atoms with E-state index < -0.39 is 12.1 Å². The van der Waals surface area contributed by atoms with Crippen molar-refractivity contribution in [2.24, 2.45) is 0 Å². The first-order valence-corrected chi connectivity index (χ1v) is 8.01. The number of nitrogens with one attached hydrogen (secondary N) is 3. The molecule has 0 saturated heterocycles. The van der Waals surface area contributed by atoms with Crippen LogP contribution in [0.2, 0.25) is 0 Å². The zero-order valence-electron chi connectivity index (χ0n) is 14.4. The Kier molecular flexibility index (Phi) is 4.79. The lowest BCUT2D eigenvalue weighted by molar-refractivity contribution is -0.113. The van der Waals surface area contributed by atoms with Crippen molar-refractivity contribution in [3.8, 4) is 11.5 Å². The van der Waals surface area contributed by atoms with Crippen LogP contribution in [0.1, 0.15) is 18.5 Å². The molecule has 3 rings (SSSR count). The van der Waals surface area contributed by atoms with Gasteiger partial charge in [0.15, 0.2) is 0 Å². The summed E-state index contributed by atoms with van der Waals surface area (Å²) in [7, 11) is 1.56. The third-order valence-electron chi connectivity index (χ3n) is 4.11. The Balaban J connectivity index is 1.93. The fraction of sp³-hybridized carbons (Fsp3) is 0.158. The monoisotopic (exact) mass is 353 g/mol. The van der Waals surface area contributed by atoms with Crippen LogP contribution in [0.25, 0.3) is 0 Å². The Morgan fingerprint density at radius 1 is 1.15 bits per heavy atom. The second-order valence-corrected chi connectivity index (χ2v) is 5.81. The summed E-state index contributed by atoms with van der Waals surface area (Å²) in [6, 6.07) is 12.3. The molecular formula is C19H19N3O4. The van der Waals surface area contributed by atoms with Crippen molar-refractivity contribution in [2.75, 3.05) is 12.4 Å². The molecule has 1 heterocycles. The van der Waals surface area contributed by atoms with Crippen LogP contribution in [0, 0.1) is 0 Å². The number of amides is 3. The quantitative estimate of drug-likeness (QED) is 0.679. The van der Waals surface area contributed by atoms with Gasteiger partial charge < -0.3 is 25.8 Å². The number of benzene rings is 2. The summed E-state index contributed by atoms with van der Waals surface area (Å²) >= 11 is 0. The molecule has 3 amide bonds. The van der Waals surface area contributed by atoms with Gasteiger partial charge in [-0.25, -0.2) is 4.79 Å². The number of methoxy groups -OCH3 is 1. The molecule has 134 valence electrons. The minimum Gasteiger partial charge on any atom is -0.508 e. The molecule has 1 atom stereocenters. The average molecular weight is 353 g/mol. The number of carbonyl (C=O) groups is 2. The maximum absolute atomic E-state index is 12.9. The molecular weight excluding hydrogens is 334 g/mol. The van der Waals surface area contributed by atoms with Crippen LogP contribution in [0.5, 0.6) is 11.5 Å². The molecule has 1 unspecified atom stereocenters. The maximum atomic E-state index is 12.9. The van der Waals surface area contributed by atoms with Gasteiger partial charge in [-0.3, -0.25) is 4.79 Å². The van der Waals surface area contributed by atoms with Gasteiger partial charge in [-0.1, -0.05) is 18.2 Å². The summed E-state index contributed by atoms with van der Waals surface area (Å²) in [6.07, 6.45) is 0. The molecule has 0 bridgehead atoms. The van der Waals surface area contributed by atoms with E-state index in [4.69, 9.17) is 4.74 Å². The second-order valence-electron chi connectivity index (χ2n) is 5.81. The Labute approximate surface area is 150 Å². The lowest BCUT2D eigenvalue weighted by atomic mass is 9.94. The van der Waals surface area contributed by atoms with Gasteiger partial charge in [0.25, 0.3) is 5.91 Å². The molecule has 1 aliphatic heterocycles. The number of phenolic OH excluding ortho intramolecular Hbond substituents is 1. The van der Waals surface area contributed by atoms with E-state index in [9.17, 15) is 14.7 Å². The fourth-order valence-corrected chi connectivity index (χ4v) is 2.83. The molecule has 4 N–H and O–H groups in total. The Bertz CT molecular complexity index is 875.